The Morgan fingerprint density at radius 3 is 2.56 bits per heavy atom. The van der Waals surface area contributed by atoms with Crippen LogP contribution in [-0.4, -0.2) is 24.2 Å². The molecule has 18 heavy (non-hydrogen) atoms. The molecule has 0 aromatic carbocycles. The Balaban J connectivity index is 1.86. The van der Waals surface area contributed by atoms with Gasteiger partial charge < -0.3 is 10.1 Å². The molecule has 1 aliphatic rings. The van der Waals surface area contributed by atoms with E-state index in [4.69, 9.17) is 4.74 Å². The maximum Gasteiger partial charge on any atom is 0.417 e. The van der Waals surface area contributed by atoms with Crippen molar-refractivity contribution in [2.24, 2.45) is 0 Å². The molecule has 2 rings (SSSR count). The molecule has 0 saturated carbocycles. The lowest BCUT2D eigenvalue weighted by atomic mass is 10.1. The number of hydrogen-bond donors (Lipinski definition) is 1. The third kappa shape index (κ3) is 3.68. The van der Waals surface area contributed by atoms with Crippen molar-refractivity contribution in [3.05, 3.63) is 29.6 Å². The Kier molecular flexibility index (Phi) is 4.19. The number of pyridine rings is 1. The first-order valence-corrected chi connectivity index (χ1v) is 5.89. The van der Waals surface area contributed by atoms with Gasteiger partial charge in [0.1, 0.15) is 0 Å². The van der Waals surface area contributed by atoms with Gasteiger partial charge in [-0.1, -0.05) is 0 Å². The lowest BCUT2D eigenvalue weighted by molar-refractivity contribution is -0.137. The van der Waals surface area contributed by atoms with Gasteiger partial charge in [-0.05, 0) is 25.0 Å². The predicted molar refractivity (Wildman–Crippen MR) is 59.9 cm³/mol. The fourth-order valence-electron chi connectivity index (χ4n) is 1.85. The van der Waals surface area contributed by atoms with Crippen molar-refractivity contribution in [2.75, 3.05) is 13.2 Å². The summed E-state index contributed by atoms with van der Waals surface area (Å²) in [6.45, 7) is 1.96. The fraction of sp³-hybridized carbons (Fsp3) is 0.583. The number of hydrogen-bond acceptors (Lipinski definition) is 3. The van der Waals surface area contributed by atoms with E-state index in [1.807, 2.05) is 0 Å². The van der Waals surface area contributed by atoms with Crippen molar-refractivity contribution in [1.82, 2.24) is 10.3 Å². The molecule has 100 valence electrons. The van der Waals surface area contributed by atoms with E-state index in [9.17, 15) is 13.2 Å². The van der Waals surface area contributed by atoms with Crippen molar-refractivity contribution in [1.29, 1.82) is 0 Å². The quantitative estimate of drug-likeness (QED) is 0.906. The number of halogens is 3. The summed E-state index contributed by atoms with van der Waals surface area (Å²) < 4.78 is 42.2. The zero-order valence-electron chi connectivity index (χ0n) is 9.83. The third-order valence-electron chi connectivity index (χ3n) is 2.95. The van der Waals surface area contributed by atoms with Crippen LogP contribution in [0.3, 0.4) is 0 Å². The summed E-state index contributed by atoms with van der Waals surface area (Å²) in [5.41, 5.74) is -0.0909. The summed E-state index contributed by atoms with van der Waals surface area (Å²) in [6, 6.07) is 2.84. The van der Waals surface area contributed by atoms with E-state index < -0.39 is 11.7 Å². The molecule has 0 bridgehead atoms. The van der Waals surface area contributed by atoms with Crippen LogP contribution in [0, 0.1) is 0 Å². The van der Waals surface area contributed by atoms with Crippen LogP contribution >= 0.6 is 0 Å². The second-order valence-corrected chi connectivity index (χ2v) is 4.30. The van der Waals surface area contributed by atoms with Crippen LogP contribution in [0.15, 0.2) is 18.3 Å². The molecule has 0 unspecified atom stereocenters. The Labute approximate surface area is 103 Å². The van der Waals surface area contributed by atoms with Gasteiger partial charge in [-0.3, -0.25) is 4.98 Å². The molecule has 0 amide bonds. The maximum absolute atomic E-state index is 12.3. The van der Waals surface area contributed by atoms with E-state index >= 15 is 0 Å². The first-order valence-electron chi connectivity index (χ1n) is 5.89. The number of rotatable bonds is 3. The normalized spacial score (nSPS) is 17.9. The van der Waals surface area contributed by atoms with E-state index in [0.29, 0.717) is 18.3 Å². The number of aromatic nitrogens is 1. The molecule has 1 fully saturated rings. The molecule has 6 heteroatoms. The molecule has 0 radical (unpaired) electrons. The topological polar surface area (TPSA) is 34.1 Å². The second-order valence-electron chi connectivity index (χ2n) is 4.30. The first kappa shape index (κ1) is 13.3. The Hall–Kier alpha value is -1.14. The van der Waals surface area contributed by atoms with Crippen LogP contribution in [0.25, 0.3) is 0 Å². The van der Waals surface area contributed by atoms with Gasteiger partial charge in [0.2, 0.25) is 0 Å². The van der Waals surface area contributed by atoms with E-state index in [2.05, 4.69) is 10.3 Å². The molecule has 3 nitrogen and oxygen atoms in total. The Bertz CT molecular complexity index is 372. The number of ether oxygens (including phenoxy) is 1. The largest absolute Gasteiger partial charge is 0.417 e. The van der Waals surface area contributed by atoms with Crippen LogP contribution in [-0.2, 0) is 17.5 Å². The lowest BCUT2D eigenvalue weighted by Crippen LogP contribution is -2.34. The van der Waals surface area contributed by atoms with E-state index in [1.165, 1.54) is 6.07 Å². The number of nitrogens with one attached hydrogen (secondary N) is 1. The standard InChI is InChI=1S/C12H15F3N2O/c13-12(14,15)9-1-2-11(16-7-9)8-17-10-3-5-18-6-4-10/h1-2,7,10,17H,3-6,8H2. The van der Waals surface area contributed by atoms with Crippen molar-refractivity contribution in [2.45, 2.75) is 31.6 Å². The van der Waals surface area contributed by atoms with Gasteiger partial charge in [-0.25, -0.2) is 0 Å². The third-order valence-corrected chi connectivity index (χ3v) is 2.95. The van der Waals surface area contributed by atoms with Gasteiger partial charge >= 0.3 is 6.18 Å². The SMILES string of the molecule is FC(F)(F)c1ccc(CNC2CCOCC2)nc1. The van der Waals surface area contributed by atoms with Gasteiger partial charge in [0.25, 0.3) is 0 Å². The highest BCUT2D eigenvalue weighted by atomic mass is 19.4. The molecular weight excluding hydrogens is 245 g/mol. The maximum atomic E-state index is 12.3. The summed E-state index contributed by atoms with van der Waals surface area (Å²) in [5.74, 6) is 0. The van der Waals surface area contributed by atoms with Crippen LogP contribution in [0.1, 0.15) is 24.1 Å². The molecule has 2 heterocycles. The summed E-state index contributed by atoms with van der Waals surface area (Å²) in [7, 11) is 0. The van der Waals surface area contributed by atoms with Crippen LogP contribution < -0.4 is 5.32 Å². The zero-order valence-corrected chi connectivity index (χ0v) is 9.83. The average molecular weight is 260 g/mol. The Morgan fingerprint density at radius 2 is 2.00 bits per heavy atom. The van der Waals surface area contributed by atoms with Gasteiger partial charge in [0.15, 0.2) is 0 Å². The van der Waals surface area contributed by atoms with E-state index in [0.717, 1.165) is 38.3 Å². The van der Waals surface area contributed by atoms with Gasteiger partial charge in [-0.2, -0.15) is 13.2 Å². The Morgan fingerprint density at radius 1 is 1.28 bits per heavy atom. The smallest absolute Gasteiger partial charge is 0.381 e. The first-order chi connectivity index (χ1) is 8.55. The van der Waals surface area contributed by atoms with Crippen LogP contribution in [0.2, 0.25) is 0 Å². The molecule has 1 N–H and O–H groups in total. The molecule has 0 atom stereocenters. The van der Waals surface area contributed by atoms with Gasteiger partial charge in [-0.15, -0.1) is 0 Å². The van der Waals surface area contributed by atoms with Crippen molar-refractivity contribution in [3.63, 3.8) is 0 Å². The molecule has 0 spiro atoms. The molecule has 1 saturated heterocycles. The highest BCUT2D eigenvalue weighted by Crippen LogP contribution is 2.28. The molecule has 0 aliphatic carbocycles. The minimum Gasteiger partial charge on any atom is -0.381 e. The highest BCUT2D eigenvalue weighted by molar-refractivity contribution is 5.16. The van der Waals surface area contributed by atoms with Gasteiger partial charge in [0.05, 0.1) is 11.3 Å². The number of nitrogens with zero attached hydrogens (tertiary/aromatic N) is 1. The molecule has 1 aromatic heterocycles. The van der Waals surface area contributed by atoms with Crippen molar-refractivity contribution >= 4 is 0 Å². The summed E-state index contributed by atoms with van der Waals surface area (Å²) in [6.07, 6.45) is -1.58. The second kappa shape index (κ2) is 5.67. The van der Waals surface area contributed by atoms with Crippen LogP contribution in [0.5, 0.6) is 0 Å². The fourth-order valence-corrected chi connectivity index (χ4v) is 1.85. The molecule has 1 aliphatic heterocycles. The van der Waals surface area contributed by atoms with Gasteiger partial charge in [0, 0.05) is 32.0 Å². The number of alkyl halides is 3. The predicted octanol–water partition coefficient (Wildman–Crippen LogP) is 2.37. The average Bonchev–Trinajstić information content (AvgIpc) is 2.37. The lowest BCUT2D eigenvalue weighted by Gasteiger charge is -2.23. The van der Waals surface area contributed by atoms with Crippen molar-refractivity contribution < 1.29 is 17.9 Å². The monoisotopic (exact) mass is 260 g/mol. The van der Waals surface area contributed by atoms with Crippen LogP contribution in [0.4, 0.5) is 13.2 Å². The van der Waals surface area contributed by atoms with E-state index in [-0.39, 0.29) is 0 Å². The summed E-state index contributed by atoms with van der Waals surface area (Å²) >= 11 is 0. The van der Waals surface area contributed by atoms with Crippen molar-refractivity contribution in [3.8, 4) is 0 Å². The van der Waals surface area contributed by atoms with E-state index in [1.54, 1.807) is 0 Å². The minimum absolute atomic E-state index is 0.364. The minimum atomic E-state index is -4.32. The zero-order chi connectivity index (χ0) is 13.0. The molecule has 1 aromatic rings. The highest BCUT2D eigenvalue weighted by Gasteiger charge is 2.30. The molecular formula is C12H15F3N2O. The summed E-state index contributed by atoms with van der Waals surface area (Å²) in [5, 5.41) is 3.27. The summed E-state index contributed by atoms with van der Waals surface area (Å²) in [4.78, 5) is 3.82.